The van der Waals surface area contributed by atoms with Gasteiger partial charge >= 0.3 is 0 Å². The van der Waals surface area contributed by atoms with E-state index in [9.17, 15) is 4.79 Å². The lowest BCUT2D eigenvalue weighted by Crippen LogP contribution is -2.25. The molecule has 0 fully saturated rings. The van der Waals surface area contributed by atoms with Crippen LogP contribution in [0.4, 0.5) is 0 Å². The van der Waals surface area contributed by atoms with E-state index < -0.39 is 0 Å². The summed E-state index contributed by atoms with van der Waals surface area (Å²) in [7, 11) is 0. The molecule has 1 N–H and O–H groups in total. The maximum atomic E-state index is 13.1. The first kappa shape index (κ1) is 18.3. The number of carbonyl (C=O) groups excluding carboxylic acids is 1. The number of hydrogen-bond acceptors (Lipinski definition) is 6. The van der Waals surface area contributed by atoms with Crippen LogP contribution >= 0.6 is 23.1 Å². The number of amides is 1. The molecule has 0 atom stereocenters. The Bertz CT molecular complexity index is 951. The fourth-order valence-electron chi connectivity index (χ4n) is 2.98. The normalized spacial score (nSPS) is 14.2. The molecule has 142 valence electrons. The summed E-state index contributed by atoms with van der Waals surface area (Å²) in [5, 5.41) is 7.95. The lowest BCUT2D eigenvalue weighted by molar-refractivity contribution is 0.0949. The Morgan fingerprint density at radius 3 is 2.81 bits per heavy atom. The van der Waals surface area contributed by atoms with Crippen LogP contribution in [0, 0.1) is 0 Å². The number of carbonyl (C=O) groups is 1. The van der Waals surface area contributed by atoms with Crippen molar-refractivity contribution in [2.45, 2.75) is 44.9 Å². The van der Waals surface area contributed by atoms with Crippen LogP contribution in [0.2, 0.25) is 0 Å². The highest BCUT2D eigenvalue weighted by Gasteiger charge is 2.27. The van der Waals surface area contributed by atoms with Crippen LogP contribution in [-0.2, 0) is 24.1 Å². The van der Waals surface area contributed by atoms with E-state index in [2.05, 4.69) is 15.5 Å². The Morgan fingerprint density at radius 2 is 2.11 bits per heavy atom. The Hall–Kier alpha value is -2.06. The Balaban J connectivity index is 1.58. The molecule has 4 rings (SSSR count). The Morgan fingerprint density at radius 1 is 1.33 bits per heavy atom. The number of thiophene rings is 1. The van der Waals surface area contributed by atoms with Crippen molar-refractivity contribution in [2.75, 3.05) is 5.75 Å². The average Bonchev–Trinajstić information content (AvgIpc) is 3.37. The van der Waals surface area contributed by atoms with Crippen LogP contribution in [0.25, 0.3) is 5.00 Å². The molecular formula is C19H22N4O2S2. The van der Waals surface area contributed by atoms with E-state index in [-0.39, 0.29) is 17.9 Å². The Kier molecular flexibility index (Phi) is 4.86. The molecule has 1 amide bonds. The zero-order valence-electron chi connectivity index (χ0n) is 15.6. The molecule has 0 unspecified atom stereocenters. The van der Waals surface area contributed by atoms with Gasteiger partial charge < -0.3 is 14.4 Å². The van der Waals surface area contributed by atoms with Gasteiger partial charge in [0.2, 0.25) is 5.89 Å². The van der Waals surface area contributed by atoms with Gasteiger partial charge in [-0.1, -0.05) is 25.9 Å². The van der Waals surface area contributed by atoms with Crippen LogP contribution in [0.3, 0.4) is 0 Å². The first-order chi connectivity index (χ1) is 12.9. The number of hydrogen-bond donors (Lipinski definition) is 1. The number of nitrogens with one attached hydrogen (secondary N) is 1. The van der Waals surface area contributed by atoms with Crippen LogP contribution in [-0.4, -0.2) is 26.4 Å². The van der Waals surface area contributed by atoms with Crippen molar-refractivity contribution in [2.24, 2.45) is 0 Å². The van der Waals surface area contributed by atoms with Crippen LogP contribution < -0.4 is 5.32 Å². The van der Waals surface area contributed by atoms with Gasteiger partial charge in [0.05, 0.1) is 12.1 Å². The molecule has 0 aliphatic carbocycles. The summed E-state index contributed by atoms with van der Waals surface area (Å²) in [6.07, 6.45) is 4.89. The van der Waals surface area contributed by atoms with Gasteiger partial charge in [0.1, 0.15) is 5.00 Å². The van der Waals surface area contributed by atoms with Crippen LogP contribution in [0.5, 0.6) is 0 Å². The van der Waals surface area contributed by atoms with Crippen molar-refractivity contribution in [1.82, 2.24) is 20.0 Å². The third-order valence-corrected chi connectivity index (χ3v) is 6.80. The summed E-state index contributed by atoms with van der Waals surface area (Å²) in [6.45, 7) is 6.30. The molecule has 0 radical (unpaired) electrons. The maximum absolute atomic E-state index is 13.1. The number of fused-ring (bicyclic) bond motifs is 1. The van der Waals surface area contributed by atoms with E-state index in [0.717, 1.165) is 28.5 Å². The van der Waals surface area contributed by atoms with Gasteiger partial charge in [0.25, 0.3) is 5.91 Å². The fourth-order valence-corrected chi connectivity index (χ4v) is 5.43. The second-order valence-corrected chi connectivity index (χ2v) is 9.71. The molecule has 1 aliphatic rings. The minimum absolute atomic E-state index is 0.0785. The minimum Gasteiger partial charge on any atom is -0.344 e. The second-order valence-electron chi connectivity index (χ2n) is 7.53. The molecule has 4 heterocycles. The van der Waals surface area contributed by atoms with Gasteiger partial charge in [0, 0.05) is 28.4 Å². The lowest BCUT2D eigenvalue weighted by atomic mass is 9.97. The lowest BCUT2D eigenvalue weighted by Gasteiger charge is -2.13. The molecule has 1 aliphatic heterocycles. The van der Waals surface area contributed by atoms with Crippen molar-refractivity contribution in [3.05, 3.63) is 52.2 Å². The molecule has 0 spiro atoms. The molecule has 27 heavy (non-hydrogen) atoms. The van der Waals surface area contributed by atoms with E-state index in [1.807, 2.05) is 61.6 Å². The van der Waals surface area contributed by atoms with E-state index >= 15 is 0 Å². The summed E-state index contributed by atoms with van der Waals surface area (Å²) in [5.74, 6) is 3.02. The van der Waals surface area contributed by atoms with E-state index in [1.165, 1.54) is 10.4 Å². The highest BCUT2D eigenvalue weighted by Crippen LogP contribution is 2.38. The summed E-state index contributed by atoms with van der Waals surface area (Å²) in [6, 6.07) is 3.95. The molecule has 6 nitrogen and oxygen atoms in total. The molecular weight excluding hydrogens is 380 g/mol. The molecule has 0 bridgehead atoms. The number of rotatable bonds is 4. The SMILES string of the molecule is CC(C)(C)c1nc(CNC(=O)c2c(-n3cccc3)sc3c2CCSC3)no1. The highest BCUT2D eigenvalue weighted by atomic mass is 32.2. The Labute approximate surface area is 166 Å². The fraction of sp³-hybridized carbons (Fsp3) is 0.421. The second kappa shape index (κ2) is 7.16. The van der Waals surface area contributed by atoms with Gasteiger partial charge in [-0.2, -0.15) is 16.7 Å². The maximum Gasteiger partial charge on any atom is 0.254 e. The molecule has 3 aromatic heterocycles. The van der Waals surface area contributed by atoms with Crippen molar-refractivity contribution >= 4 is 29.0 Å². The first-order valence-corrected chi connectivity index (χ1v) is 10.9. The van der Waals surface area contributed by atoms with Crippen molar-refractivity contribution in [3.63, 3.8) is 0 Å². The zero-order valence-corrected chi connectivity index (χ0v) is 17.2. The standard InChI is InChI=1S/C19H22N4O2S2/c1-19(2,3)18-21-14(22-25-18)10-20-16(24)15-12-6-9-26-11-13(12)27-17(15)23-7-4-5-8-23/h4-5,7-8H,6,9-11H2,1-3H3,(H,20,24). The number of thioether (sulfide) groups is 1. The minimum atomic E-state index is -0.207. The van der Waals surface area contributed by atoms with Crippen LogP contribution in [0.1, 0.15) is 53.3 Å². The van der Waals surface area contributed by atoms with Crippen LogP contribution in [0.15, 0.2) is 29.0 Å². The number of nitrogens with zero attached hydrogens (tertiary/aromatic N) is 3. The quantitative estimate of drug-likeness (QED) is 0.716. The van der Waals surface area contributed by atoms with Gasteiger partial charge in [-0.25, -0.2) is 0 Å². The third kappa shape index (κ3) is 3.68. The van der Waals surface area contributed by atoms with Gasteiger partial charge in [0.15, 0.2) is 5.82 Å². The van der Waals surface area contributed by atoms with Gasteiger partial charge in [-0.3, -0.25) is 4.79 Å². The zero-order chi connectivity index (χ0) is 19.0. The van der Waals surface area contributed by atoms with Gasteiger partial charge in [-0.05, 0) is 29.9 Å². The molecule has 0 saturated carbocycles. The monoisotopic (exact) mass is 402 g/mol. The molecule has 0 aromatic carbocycles. The summed E-state index contributed by atoms with van der Waals surface area (Å²) in [5.41, 5.74) is 1.76. The van der Waals surface area contributed by atoms with E-state index in [1.54, 1.807) is 11.3 Å². The van der Waals surface area contributed by atoms with Crippen molar-refractivity contribution in [3.8, 4) is 5.00 Å². The molecule has 3 aromatic rings. The third-order valence-electron chi connectivity index (χ3n) is 4.38. The molecule has 0 saturated heterocycles. The average molecular weight is 403 g/mol. The van der Waals surface area contributed by atoms with Gasteiger partial charge in [-0.15, -0.1) is 11.3 Å². The molecule has 8 heteroatoms. The smallest absolute Gasteiger partial charge is 0.254 e. The van der Waals surface area contributed by atoms with Crippen molar-refractivity contribution in [1.29, 1.82) is 0 Å². The predicted molar refractivity (Wildman–Crippen MR) is 108 cm³/mol. The van der Waals surface area contributed by atoms with E-state index in [0.29, 0.717) is 11.7 Å². The summed E-state index contributed by atoms with van der Waals surface area (Å²) >= 11 is 3.63. The largest absolute Gasteiger partial charge is 0.344 e. The summed E-state index contributed by atoms with van der Waals surface area (Å²) in [4.78, 5) is 18.8. The van der Waals surface area contributed by atoms with Crippen molar-refractivity contribution < 1.29 is 9.32 Å². The predicted octanol–water partition coefficient (Wildman–Crippen LogP) is 3.94. The first-order valence-electron chi connectivity index (χ1n) is 8.90. The van der Waals surface area contributed by atoms with E-state index in [4.69, 9.17) is 4.52 Å². The topological polar surface area (TPSA) is 73.0 Å². The number of aromatic nitrogens is 3. The highest BCUT2D eigenvalue weighted by molar-refractivity contribution is 7.98. The summed E-state index contributed by atoms with van der Waals surface area (Å²) < 4.78 is 7.33.